The van der Waals surface area contributed by atoms with E-state index in [0.29, 0.717) is 23.4 Å². The summed E-state index contributed by atoms with van der Waals surface area (Å²) in [5.74, 6) is -2.53. The fourth-order valence-electron chi connectivity index (χ4n) is 3.07. The highest BCUT2D eigenvalue weighted by Crippen LogP contribution is 2.27. The predicted molar refractivity (Wildman–Crippen MR) is 102 cm³/mol. The van der Waals surface area contributed by atoms with Gasteiger partial charge in [0, 0.05) is 18.5 Å². The van der Waals surface area contributed by atoms with Crippen molar-refractivity contribution in [2.75, 3.05) is 19.6 Å². The molecule has 1 saturated heterocycles. The fourth-order valence-corrected chi connectivity index (χ4v) is 3.71. The van der Waals surface area contributed by atoms with Crippen molar-refractivity contribution in [2.45, 2.75) is 18.4 Å². The molecule has 146 valence electrons. The average Bonchev–Trinajstić information content (AvgIpc) is 3.17. The van der Waals surface area contributed by atoms with E-state index in [1.807, 2.05) is 0 Å². The van der Waals surface area contributed by atoms with Crippen LogP contribution in [0.3, 0.4) is 0 Å². The van der Waals surface area contributed by atoms with Gasteiger partial charge in [-0.25, -0.2) is 8.78 Å². The Balaban J connectivity index is 0.00000261. The van der Waals surface area contributed by atoms with Gasteiger partial charge in [0.1, 0.15) is 0 Å². The van der Waals surface area contributed by atoms with Crippen LogP contribution in [0.1, 0.15) is 27.6 Å². The molecule has 0 radical (unpaired) electrons. The van der Waals surface area contributed by atoms with Crippen molar-refractivity contribution in [2.24, 2.45) is 0 Å². The summed E-state index contributed by atoms with van der Waals surface area (Å²) in [6.45, 7) is 1.11. The first kappa shape index (κ1) is 21.3. The number of carbonyl (C=O) groups excluding carboxylic acids is 2. The van der Waals surface area contributed by atoms with Gasteiger partial charge in [0.15, 0.2) is 11.6 Å². The van der Waals surface area contributed by atoms with Crippen molar-refractivity contribution in [3.05, 3.63) is 57.8 Å². The summed E-state index contributed by atoms with van der Waals surface area (Å²) in [4.78, 5) is 24.6. The zero-order valence-electron chi connectivity index (χ0n) is 14.3. The minimum atomic E-state index is -0.894. The van der Waals surface area contributed by atoms with Crippen LogP contribution >= 0.6 is 23.7 Å². The number of carbonyl (C=O) groups is 2. The smallest absolute Gasteiger partial charge is 0.261 e. The third-order valence-electron chi connectivity index (χ3n) is 4.35. The molecule has 0 aliphatic carbocycles. The van der Waals surface area contributed by atoms with Crippen LogP contribution in [0, 0.1) is 11.6 Å². The minimum absolute atomic E-state index is 0. The Bertz CT molecular complexity index is 789. The first-order valence-corrected chi connectivity index (χ1v) is 9.19. The predicted octanol–water partition coefficient (Wildman–Crippen LogP) is 2.44. The SMILES string of the molecule is Cl.O=C(CNC(=O)c1cccs1)NC1CNCCC1c1ccc(F)c(F)c1. The van der Waals surface area contributed by atoms with Crippen molar-refractivity contribution in [3.63, 3.8) is 0 Å². The molecule has 1 aliphatic heterocycles. The molecule has 5 nitrogen and oxygen atoms in total. The van der Waals surface area contributed by atoms with Gasteiger partial charge in [0.05, 0.1) is 11.4 Å². The van der Waals surface area contributed by atoms with E-state index in [2.05, 4.69) is 16.0 Å². The van der Waals surface area contributed by atoms with Crippen molar-refractivity contribution in [3.8, 4) is 0 Å². The molecule has 1 aliphatic rings. The maximum absolute atomic E-state index is 13.5. The summed E-state index contributed by atoms with van der Waals surface area (Å²) in [5, 5.41) is 10.4. The number of halogens is 3. The number of benzene rings is 1. The second kappa shape index (κ2) is 9.77. The molecule has 2 heterocycles. The molecular formula is C18H20ClF2N3O2S. The van der Waals surface area contributed by atoms with Crippen LogP contribution in [0.2, 0.25) is 0 Å². The maximum Gasteiger partial charge on any atom is 0.261 e. The summed E-state index contributed by atoms with van der Waals surface area (Å²) < 4.78 is 26.7. The van der Waals surface area contributed by atoms with Crippen molar-refractivity contribution < 1.29 is 18.4 Å². The lowest BCUT2D eigenvalue weighted by atomic mass is 9.86. The molecule has 1 aromatic heterocycles. The summed E-state index contributed by atoms with van der Waals surface area (Å²) in [5.41, 5.74) is 0.651. The molecular weight excluding hydrogens is 396 g/mol. The van der Waals surface area contributed by atoms with E-state index in [1.54, 1.807) is 23.6 Å². The first-order chi connectivity index (χ1) is 12.5. The zero-order valence-corrected chi connectivity index (χ0v) is 16.0. The van der Waals surface area contributed by atoms with Gasteiger partial charge in [-0.2, -0.15) is 0 Å². The van der Waals surface area contributed by atoms with Gasteiger partial charge in [-0.15, -0.1) is 23.7 Å². The largest absolute Gasteiger partial charge is 0.350 e. The van der Waals surface area contributed by atoms with E-state index in [0.717, 1.165) is 12.6 Å². The average molecular weight is 416 g/mol. The highest BCUT2D eigenvalue weighted by molar-refractivity contribution is 7.12. The molecule has 3 N–H and O–H groups in total. The molecule has 2 atom stereocenters. The Morgan fingerprint density at radius 2 is 2.04 bits per heavy atom. The molecule has 2 amide bonds. The normalized spacial score (nSPS) is 19.0. The van der Waals surface area contributed by atoms with E-state index >= 15 is 0 Å². The molecule has 9 heteroatoms. The van der Waals surface area contributed by atoms with Crippen molar-refractivity contribution >= 4 is 35.6 Å². The van der Waals surface area contributed by atoms with Crippen LogP contribution < -0.4 is 16.0 Å². The van der Waals surface area contributed by atoms with E-state index < -0.39 is 11.6 Å². The second-order valence-corrected chi connectivity index (χ2v) is 7.05. The Hall–Kier alpha value is -2.03. The number of hydrogen-bond acceptors (Lipinski definition) is 4. The topological polar surface area (TPSA) is 70.2 Å². The Morgan fingerprint density at radius 1 is 1.22 bits per heavy atom. The van der Waals surface area contributed by atoms with E-state index in [-0.39, 0.29) is 42.7 Å². The summed E-state index contributed by atoms with van der Waals surface area (Å²) >= 11 is 1.30. The van der Waals surface area contributed by atoms with Gasteiger partial charge in [-0.1, -0.05) is 12.1 Å². The highest BCUT2D eigenvalue weighted by Gasteiger charge is 2.28. The second-order valence-electron chi connectivity index (χ2n) is 6.11. The number of piperidine rings is 1. The first-order valence-electron chi connectivity index (χ1n) is 8.31. The summed E-state index contributed by atoms with van der Waals surface area (Å²) in [6, 6.07) is 7.02. The minimum Gasteiger partial charge on any atom is -0.350 e. The quantitative estimate of drug-likeness (QED) is 0.702. The van der Waals surface area contributed by atoms with E-state index in [1.165, 1.54) is 17.4 Å². The molecule has 1 fully saturated rings. The van der Waals surface area contributed by atoms with Gasteiger partial charge < -0.3 is 16.0 Å². The number of hydrogen-bond donors (Lipinski definition) is 3. The monoisotopic (exact) mass is 415 g/mol. The Kier molecular flexibility index (Phi) is 7.70. The highest BCUT2D eigenvalue weighted by atomic mass is 35.5. The molecule has 2 unspecified atom stereocenters. The summed E-state index contributed by atoms with van der Waals surface area (Å²) in [7, 11) is 0. The summed E-state index contributed by atoms with van der Waals surface area (Å²) in [6.07, 6.45) is 0.692. The van der Waals surface area contributed by atoms with Crippen LogP contribution in [-0.4, -0.2) is 37.5 Å². The number of thiophene rings is 1. The van der Waals surface area contributed by atoms with Gasteiger partial charge in [-0.05, 0) is 42.1 Å². The molecule has 3 rings (SSSR count). The Labute approximate surface area is 165 Å². The molecule has 1 aromatic carbocycles. The molecule has 0 bridgehead atoms. The van der Waals surface area contributed by atoms with E-state index in [9.17, 15) is 18.4 Å². The lowest BCUT2D eigenvalue weighted by molar-refractivity contribution is -0.121. The van der Waals surface area contributed by atoms with Crippen LogP contribution in [0.25, 0.3) is 0 Å². The maximum atomic E-state index is 13.5. The van der Waals surface area contributed by atoms with Crippen LogP contribution in [0.4, 0.5) is 8.78 Å². The van der Waals surface area contributed by atoms with Crippen molar-refractivity contribution in [1.82, 2.24) is 16.0 Å². The zero-order chi connectivity index (χ0) is 18.5. The lowest BCUT2D eigenvalue weighted by Gasteiger charge is -2.33. The third-order valence-corrected chi connectivity index (χ3v) is 5.22. The van der Waals surface area contributed by atoms with Crippen LogP contribution in [0.5, 0.6) is 0 Å². The standard InChI is InChI=1S/C18H19F2N3O2S.ClH/c19-13-4-3-11(8-14(13)20)12-5-6-21-9-15(12)23-17(24)10-22-18(25)16-2-1-7-26-16;/h1-4,7-8,12,15,21H,5-6,9-10H2,(H,22,25)(H,23,24);1H. The van der Waals surface area contributed by atoms with E-state index in [4.69, 9.17) is 0 Å². The van der Waals surface area contributed by atoms with Gasteiger partial charge in [-0.3, -0.25) is 9.59 Å². The van der Waals surface area contributed by atoms with Crippen molar-refractivity contribution in [1.29, 1.82) is 0 Å². The third kappa shape index (κ3) is 5.47. The molecule has 27 heavy (non-hydrogen) atoms. The fraction of sp³-hybridized carbons (Fsp3) is 0.333. The van der Waals surface area contributed by atoms with Crippen LogP contribution in [-0.2, 0) is 4.79 Å². The lowest BCUT2D eigenvalue weighted by Crippen LogP contribution is -2.52. The number of amides is 2. The molecule has 0 saturated carbocycles. The number of rotatable bonds is 5. The van der Waals surface area contributed by atoms with Gasteiger partial charge in [0.25, 0.3) is 5.91 Å². The van der Waals surface area contributed by atoms with Crippen LogP contribution in [0.15, 0.2) is 35.7 Å². The Morgan fingerprint density at radius 3 is 2.74 bits per heavy atom. The number of nitrogens with one attached hydrogen (secondary N) is 3. The van der Waals surface area contributed by atoms with Gasteiger partial charge >= 0.3 is 0 Å². The van der Waals surface area contributed by atoms with Gasteiger partial charge in [0.2, 0.25) is 5.91 Å². The molecule has 2 aromatic rings. The molecule has 0 spiro atoms.